The van der Waals surface area contributed by atoms with E-state index in [4.69, 9.17) is 0 Å². The third-order valence-corrected chi connectivity index (χ3v) is 3.60. The Morgan fingerprint density at radius 1 is 1.53 bits per heavy atom. The molecule has 94 valence electrons. The van der Waals surface area contributed by atoms with Crippen molar-refractivity contribution in [1.82, 2.24) is 0 Å². The fourth-order valence-corrected chi connectivity index (χ4v) is 2.73. The molecular formula is C14H20FNO. The molecule has 2 atom stereocenters. The number of anilines is 1. The van der Waals surface area contributed by atoms with Crippen molar-refractivity contribution in [2.45, 2.75) is 45.3 Å². The standard InChI is InChI=1S/C14H20FNO/c1-3-11-6-5-9-16(11)14-12(10(2)17)7-4-8-13(14)15/h4,7-8,10-11,17H,3,5-6,9H2,1-2H3/t10-,11?/m1/s1. The SMILES string of the molecule is CCC1CCCN1c1c(F)cccc1[C@@H](C)O. The number of aliphatic hydroxyl groups is 1. The summed E-state index contributed by atoms with van der Waals surface area (Å²) in [5, 5.41) is 9.75. The summed E-state index contributed by atoms with van der Waals surface area (Å²) in [7, 11) is 0. The second-order valence-corrected chi connectivity index (χ2v) is 4.75. The van der Waals surface area contributed by atoms with Crippen LogP contribution in [0.4, 0.5) is 10.1 Å². The van der Waals surface area contributed by atoms with Gasteiger partial charge in [0, 0.05) is 18.2 Å². The molecule has 2 nitrogen and oxygen atoms in total. The number of para-hydroxylation sites is 1. The van der Waals surface area contributed by atoms with Crippen LogP contribution in [0.1, 0.15) is 44.8 Å². The summed E-state index contributed by atoms with van der Waals surface area (Å²) in [4.78, 5) is 2.12. The number of rotatable bonds is 3. The van der Waals surface area contributed by atoms with Crippen LogP contribution < -0.4 is 4.90 Å². The largest absolute Gasteiger partial charge is 0.389 e. The lowest BCUT2D eigenvalue weighted by molar-refractivity contribution is 0.199. The highest BCUT2D eigenvalue weighted by atomic mass is 19.1. The summed E-state index contributed by atoms with van der Waals surface area (Å²) in [6.07, 6.45) is 2.61. The fraction of sp³-hybridized carbons (Fsp3) is 0.571. The minimum Gasteiger partial charge on any atom is -0.389 e. The molecule has 1 aliphatic heterocycles. The number of aliphatic hydroxyl groups excluding tert-OH is 1. The molecular weight excluding hydrogens is 217 g/mol. The van der Waals surface area contributed by atoms with E-state index in [9.17, 15) is 9.50 Å². The lowest BCUT2D eigenvalue weighted by Crippen LogP contribution is -2.30. The molecule has 1 aromatic rings. The molecule has 0 amide bonds. The molecule has 2 rings (SSSR count). The van der Waals surface area contributed by atoms with Crippen molar-refractivity contribution in [2.75, 3.05) is 11.4 Å². The summed E-state index contributed by atoms with van der Waals surface area (Å²) in [5.41, 5.74) is 1.30. The highest BCUT2D eigenvalue weighted by Gasteiger charge is 2.28. The molecule has 3 heteroatoms. The Morgan fingerprint density at radius 2 is 2.29 bits per heavy atom. The van der Waals surface area contributed by atoms with Gasteiger partial charge in [-0.25, -0.2) is 4.39 Å². The third kappa shape index (κ3) is 2.29. The minimum atomic E-state index is -0.626. The van der Waals surface area contributed by atoms with Crippen molar-refractivity contribution >= 4 is 5.69 Å². The van der Waals surface area contributed by atoms with Gasteiger partial charge in [-0.15, -0.1) is 0 Å². The molecule has 0 bridgehead atoms. The topological polar surface area (TPSA) is 23.5 Å². The first-order valence-corrected chi connectivity index (χ1v) is 6.38. The minimum absolute atomic E-state index is 0.219. The van der Waals surface area contributed by atoms with Crippen molar-refractivity contribution in [2.24, 2.45) is 0 Å². The van der Waals surface area contributed by atoms with E-state index in [1.54, 1.807) is 13.0 Å². The highest BCUT2D eigenvalue weighted by Crippen LogP contribution is 2.35. The van der Waals surface area contributed by atoms with E-state index in [1.807, 2.05) is 6.07 Å². The van der Waals surface area contributed by atoms with E-state index in [2.05, 4.69) is 11.8 Å². The molecule has 0 aliphatic carbocycles. The summed E-state index contributed by atoms with van der Waals surface area (Å²) in [6, 6.07) is 5.36. The molecule has 17 heavy (non-hydrogen) atoms. The van der Waals surface area contributed by atoms with E-state index in [-0.39, 0.29) is 5.82 Å². The molecule has 0 aromatic heterocycles. The Hall–Kier alpha value is -1.09. The van der Waals surface area contributed by atoms with Crippen LogP contribution in [0.15, 0.2) is 18.2 Å². The Morgan fingerprint density at radius 3 is 2.94 bits per heavy atom. The van der Waals surface area contributed by atoms with E-state index < -0.39 is 6.10 Å². The molecule has 1 fully saturated rings. The number of benzene rings is 1. The predicted octanol–water partition coefficient (Wildman–Crippen LogP) is 3.26. The first kappa shape index (κ1) is 12.4. The monoisotopic (exact) mass is 237 g/mol. The molecule has 1 N–H and O–H groups in total. The zero-order chi connectivity index (χ0) is 12.4. The zero-order valence-electron chi connectivity index (χ0n) is 10.5. The van der Waals surface area contributed by atoms with Gasteiger partial charge in [-0.05, 0) is 32.3 Å². The summed E-state index contributed by atoms with van der Waals surface area (Å²) < 4.78 is 14.0. The number of halogens is 1. The van der Waals surface area contributed by atoms with Crippen molar-refractivity contribution in [3.63, 3.8) is 0 Å². The van der Waals surface area contributed by atoms with Crippen molar-refractivity contribution in [3.8, 4) is 0 Å². The quantitative estimate of drug-likeness (QED) is 0.872. The maximum atomic E-state index is 14.0. The van der Waals surface area contributed by atoms with Gasteiger partial charge in [-0.1, -0.05) is 19.1 Å². The number of nitrogens with zero attached hydrogens (tertiary/aromatic N) is 1. The van der Waals surface area contributed by atoms with Gasteiger partial charge in [0.1, 0.15) is 5.82 Å². The molecule has 1 aliphatic rings. The van der Waals surface area contributed by atoms with Gasteiger partial charge < -0.3 is 10.0 Å². The van der Waals surface area contributed by atoms with Crippen LogP contribution in [0.5, 0.6) is 0 Å². The second kappa shape index (κ2) is 5.05. The van der Waals surface area contributed by atoms with Gasteiger partial charge in [0.15, 0.2) is 0 Å². The summed E-state index contributed by atoms with van der Waals surface area (Å²) >= 11 is 0. The van der Waals surface area contributed by atoms with Crippen LogP contribution in [0.25, 0.3) is 0 Å². The van der Waals surface area contributed by atoms with Gasteiger partial charge in [-0.3, -0.25) is 0 Å². The van der Waals surface area contributed by atoms with Crippen LogP contribution in [-0.4, -0.2) is 17.7 Å². The molecule has 1 heterocycles. The summed E-state index contributed by atoms with van der Waals surface area (Å²) in [6.45, 7) is 4.71. The molecule has 1 saturated heterocycles. The van der Waals surface area contributed by atoms with Crippen LogP contribution in [0, 0.1) is 5.82 Å². The van der Waals surface area contributed by atoms with Crippen molar-refractivity contribution in [3.05, 3.63) is 29.6 Å². The van der Waals surface area contributed by atoms with Crippen LogP contribution >= 0.6 is 0 Å². The first-order chi connectivity index (χ1) is 8.15. The average molecular weight is 237 g/mol. The summed E-state index contributed by atoms with van der Waals surface area (Å²) in [5.74, 6) is -0.219. The lowest BCUT2D eigenvalue weighted by atomic mass is 10.1. The van der Waals surface area contributed by atoms with Gasteiger partial charge in [0.2, 0.25) is 0 Å². The number of hydrogen-bond acceptors (Lipinski definition) is 2. The van der Waals surface area contributed by atoms with E-state index in [0.717, 1.165) is 25.8 Å². The zero-order valence-corrected chi connectivity index (χ0v) is 10.5. The Bertz CT molecular complexity index is 392. The Labute approximate surface area is 102 Å². The maximum Gasteiger partial charge on any atom is 0.146 e. The smallest absolute Gasteiger partial charge is 0.146 e. The lowest BCUT2D eigenvalue weighted by Gasteiger charge is -2.29. The van der Waals surface area contributed by atoms with E-state index >= 15 is 0 Å². The van der Waals surface area contributed by atoms with Gasteiger partial charge in [0.05, 0.1) is 11.8 Å². The maximum absolute atomic E-state index is 14.0. The van der Waals surface area contributed by atoms with Crippen molar-refractivity contribution < 1.29 is 9.50 Å². The first-order valence-electron chi connectivity index (χ1n) is 6.38. The van der Waals surface area contributed by atoms with Gasteiger partial charge >= 0.3 is 0 Å². The predicted molar refractivity (Wildman–Crippen MR) is 67.7 cm³/mol. The normalized spacial score (nSPS) is 21.9. The van der Waals surface area contributed by atoms with Crippen LogP contribution in [-0.2, 0) is 0 Å². The van der Waals surface area contributed by atoms with Crippen LogP contribution in [0.3, 0.4) is 0 Å². The molecule has 0 radical (unpaired) electrons. The van der Waals surface area contributed by atoms with E-state index in [0.29, 0.717) is 17.3 Å². The van der Waals surface area contributed by atoms with E-state index in [1.165, 1.54) is 6.07 Å². The second-order valence-electron chi connectivity index (χ2n) is 4.75. The molecule has 0 spiro atoms. The molecule has 1 unspecified atom stereocenters. The Balaban J connectivity index is 2.42. The van der Waals surface area contributed by atoms with Crippen molar-refractivity contribution in [1.29, 1.82) is 0 Å². The molecule has 0 saturated carbocycles. The highest BCUT2D eigenvalue weighted by molar-refractivity contribution is 5.57. The number of hydrogen-bond donors (Lipinski definition) is 1. The van der Waals surface area contributed by atoms with Gasteiger partial charge in [-0.2, -0.15) is 0 Å². The average Bonchev–Trinajstić information content (AvgIpc) is 2.76. The third-order valence-electron chi connectivity index (χ3n) is 3.60. The van der Waals surface area contributed by atoms with Crippen LogP contribution in [0.2, 0.25) is 0 Å². The Kier molecular flexibility index (Phi) is 3.67. The molecule has 1 aromatic carbocycles. The fourth-order valence-electron chi connectivity index (χ4n) is 2.73. The van der Waals surface area contributed by atoms with Gasteiger partial charge in [0.25, 0.3) is 0 Å².